The number of anilines is 2. The van der Waals surface area contributed by atoms with E-state index in [0.29, 0.717) is 61.9 Å². The molecule has 0 radical (unpaired) electrons. The minimum absolute atomic E-state index is 0.0960. The van der Waals surface area contributed by atoms with Gasteiger partial charge in [-0.15, -0.1) is 0 Å². The molecule has 4 aromatic heterocycles. The fraction of sp³-hybridized carbons (Fsp3) is 0.193. The van der Waals surface area contributed by atoms with Crippen LogP contribution in [-0.4, -0.2) is 110 Å². The zero-order valence-electron chi connectivity index (χ0n) is 44.3. The van der Waals surface area contributed by atoms with Gasteiger partial charge in [0.25, 0.3) is 22.9 Å². The highest BCUT2D eigenvalue weighted by Crippen LogP contribution is 2.28. The van der Waals surface area contributed by atoms with Crippen LogP contribution in [-0.2, 0) is 22.7 Å². The van der Waals surface area contributed by atoms with E-state index in [-0.39, 0.29) is 48.0 Å². The highest BCUT2D eigenvalue weighted by atomic mass is 19.1. The maximum Gasteiger partial charge on any atom is 0.325 e. The van der Waals surface area contributed by atoms with Crippen molar-refractivity contribution in [3.05, 3.63) is 178 Å². The van der Waals surface area contributed by atoms with Crippen LogP contribution in [0.25, 0.3) is 65.9 Å². The Morgan fingerprint density at radius 1 is 0.582 bits per heavy atom. The molecule has 0 spiro atoms. The van der Waals surface area contributed by atoms with E-state index in [0.717, 1.165) is 21.9 Å². The van der Waals surface area contributed by atoms with Crippen LogP contribution < -0.4 is 32.8 Å². The zero-order valence-corrected chi connectivity index (χ0v) is 43.3. The Morgan fingerprint density at radius 2 is 0.937 bits per heavy atom. The second-order valence-electron chi connectivity index (χ2n) is 19.0. The second-order valence-corrected chi connectivity index (χ2v) is 19.0. The average Bonchev–Trinajstić information content (AvgIpc) is 4.03. The van der Waals surface area contributed by atoms with Crippen LogP contribution in [0.1, 0.15) is 50.0 Å². The number of carboxylic acids is 1. The number of aliphatic carboxylic acids is 1. The molecule has 10 aromatic rings. The third-order valence-electron chi connectivity index (χ3n) is 11.8. The predicted octanol–water partition coefficient (Wildman–Crippen LogP) is 6.66. The number of halogens is 1. The summed E-state index contributed by atoms with van der Waals surface area (Å²) in [6.07, 6.45) is 0. The number of aliphatic hydroxyl groups is 2. The van der Waals surface area contributed by atoms with E-state index in [4.69, 9.17) is 17.3 Å². The van der Waals surface area contributed by atoms with E-state index in [2.05, 4.69) is 46.5 Å². The van der Waals surface area contributed by atoms with Gasteiger partial charge in [-0.25, -0.2) is 10.2 Å². The Kier molecular flexibility index (Phi) is 17.5. The topological polar surface area (TPSA) is 318 Å². The van der Waals surface area contributed by atoms with Crippen molar-refractivity contribution in [2.75, 3.05) is 30.9 Å². The Bertz CT molecular complexity index is 3960. The van der Waals surface area contributed by atoms with Crippen molar-refractivity contribution in [1.29, 1.82) is 0 Å². The van der Waals surface area contributed by atoms with Gasteiger partial charge in [-0.3, -0.25) is 42.5 Å². The van der Waals surface area contributed by atoms with Gasteiger partial charge in [0.2, 0.25) is 5.91 Å². The summed E-state index contributed by atoms with van der Waals surface area (Å²) < 4.78 is 18.3. The number of carbonyl (C=O) groups is 4. The maximum absolute atomic E-state index is 13.2. The first kappa shape index (κ1) is 55.5. The number of H-pyrrole nitrogens is 2. The van der Waals surface area contributed by atoms with E-state index in [9.17, 15) is 38.3 Å². The van der Waals surface area contributed by atoms with Crippen LogP contribution in [0.3, 0.4) is 0 Å². The van der Waals surface area contributed by atoms with E-state index in [1.807, 2.05) is 42.5 Å². The number of aromatic amines is 2. The van der Waals surface area contributed by atoms with Crippen LogP contribution in [0.2, 0.25) is 0 Å². The summed E-state index contributed by atoms with van der Waals surface area (Å²) in [6.45, 7) is 6.53. The number of rotatable bonds is 13. The number of fused-ring (bicyclic) bond motifs is 4. The van der Waals surface area contributed by atoms with Gasteiger partial charge in [-0.2, -0.15) is 20.4 Å². The Morgan fingerprint density at radius 3 is 1.30 bits per heavy atom. The molecule has 6 aromatic carbocycles. The molecule has 0 saturated heterocycles. The summed E-state index contributed by atoms with van der Waals surface area (Å²) in [4.78, 5) is 73.8. The number of para-hydroxylation sites is 2. The molecule has 0 atom stereocenters. The minimum Gasteiger partial charge on any atom is -0.480 e. The van der Waals surface area contributed by atoms with Gasteiger partial charge < -0.3 is 37.0 Å². The van der Waals surface area contributed by atoms with E-state index in [1.54, 1.807) is 131 Å². The summed E-state index contributed by atoms with van der Waals surface area (Å²) in [5, 5.41) is 61.8. The van der Waals surface area contributed by atoms with Crippen molar-refractivity contribution in [2.45, 2.75) is 52.0 Å². The third-order valence-corrected chi connectivity index (χ3v) is 11.8. The van der Waals surface area contributed by atoms with Gasteiger partial charge in [0.1, 0.15) is 13.1 Å². The molecule has 0 aliphatic heterocycles. The third kappa shape index (κ3) is 14.2. The SMILES string of the molecule is CC(C)(O)CN.CC(C)(O)CNC(=O)Cn1nc(C(=O)Nc2ccc(-c3n[nH]c(=O)c4ccccc34)cc2)c2ccccc21.O=C(O)Cn1nc(C(=O)Nc2ccc(-c3n[nH]c(=O)c4ccccc34)cc2)c2ccccc21.[2H]CF. The number of hydrogen-bond acceptors (Lipinski definition) is 13. The van der Waals surface area contributed by atoms with Crippen LogP contribution in [0.5, 0.6) is 0 Å². The highest BCUT2D eigenvalue weighted by Gasteiger charge is 2.22. The second kappa shape index (κ2) is 24.9. The number of alkyl halides is 1. The molecule has 10 N–H and O–H groups in total. The highest BCUT2D eigenvalue weighted by molar-refractivity contribution is 6.12. The first-order chi connectivity index (χ1) is 38.2. The zero-order chi connectivity index (χ0) is 57.7. The lowest BCUT2D eigenvalue weighted by atomic mass is 10.0. The van der Waals surface area contributed by atoms with Crippen LogP contribution in [0, 0.1) is 0 Å². The molecule has 21 nitrogen and oxygen atoms in total. The molecule has 79 heavy (non-hydrogen) atoms. The van der Waals surface area contributed by atoms with E-state index in [1.165, 1.54) is 9.36 Å². The van der Waals surface area contributed by atoms with Gasteiger partial charge in [-0.1, -0.05) is 97.1 Å². The number of nitrogens with two attached hydrogens (primary N) is 1. The molecule has 0 unspecified atom stereocenters. The standard InChI is InChI=1S/C28H26N6O4.C24H17N5O4.C4H11NO.CH3F/c1-28(2,38)16-29-23(35)15-34-22-10-6-5-9-21(22)25(33-34)27(37)30-18-13-11-17(12-14-18)24-19-7-3-4-8-20(19)26(36)32-31-24;30-20(31)13-29-19-8-4-3-7-18(19)22(28-29)24(33)25-15-11-9-14(10-12-15)21-16-5-1-2-6-17(16)23(32)27-26-21;1-4(2,6)3-5;1-2/h3-14,38H,15-16H2,1-2H3,(H,29,35)(H,30,37)(H,32,36);1-12H,13H2,(H,25,33)(H,27,32)(H,30,31);6H,3,5H2,1-2H3;1H3/i;;;1D. The lowest BCUT2D eigenvalue weighted by Crippen LogP contribution is -2.39. The first-order valence-corrected chi connectivity index (χ1v) is 24.4. The molecule has 10 rings (SSSR count). The molecule has 4 heterocycles. The van der Waals surface area contributed by atoms with Crippen LogP contribution in [0.4, 0.5) is 15.8 Å². The molecular formula is C57H57FN12O9. The van der Waals surface area contributed by atoms with E-state index >= 15 is 0 Å². The summed E-state index contributed by atoms with van der Waals surface area (Å²) in [5.41, 5.74) is 8.26. The van der Waals surface area contributed by atoms with Gasteiger partial charge in [0.05, 0.1) is 52.9 Å². The summed E-state index contributed by atoms with van der Waals surface area (Å²) in [5.74, 6) is -2.24. The van der Waals surface area contributed by atoms with Crippen molar-refractivity contribution >= 4 is 78.4 Å². The summed E-state index contributed by atoms with van der Waals surface area (Å²) in [7, 11) is -1.00. The molecule has 3 amide bonds. The normalized spacial score (nSPS) is 11.3. The summed E-state index contributed by atoms with van der Waals surface area (Å²) >= 11 is 0. The smallest absolute Gasteiger partial charge is 0.325 e. The number of hydrogen-bond donors (Lipinski definition) is 9. The fourth-order valence-electron chi connectivity index (χ4n) is 7.94. The molecule has 0 fully saturated rings. The lowest BCUT2D eigenvalue weighted by molar-refractivity contribution is -0.137. The maximum atomic E-state index is 13.2. The number of benzene rings is 6. The Hall–Kier alpha value is -9.77. The Balaban J connectivity index is 0.000000202. The molecule has 0 aliphatic carbocycles. The van der Waals surface area contributed by atoms with Gasteiger partial charge in [-0.05, 0) is 76.2 Å². The quantitative estimate of drug-likeness (QED) is 0.0584. The average molecular weight is 1070 g/mol. The van der Waals surface area contributed by atoms with Crippen molar-refractivity contribution in [3.8, 4) is 22.5 Å². The molecule has 406 valence electrons. The number of nitrogens with one attached hydrogen (secondary N) is 5. The van der Waals surface area contributed by atoms with Crippen LogP contribution in [0.15, 0.2) is 155 Å². The van der Waals surface area contributed by atoms with Gasteiger partial charge in [0.15, 0.2) is 11.4 Å². The van der Waals surface area contributed by atoms with Gasteiger partial charge in [0, 0.05) is 57.1 Å². The fourth-order valence-corrected chi connectivity index (χ4v) is 7.94. The van der Waals surface area contributed by atoms with Gasteiger partial charge >= 0.3 is 5.97 Å². The largest absolute Gasteiger partial charge is 0.480 e. The Labute approximate surface area is 451 Å². The number of nitrogens with zero attached hydrogens (tertiary/aromatic N) is 6. The predicted molar refractivity (Wildman–Crippen MR) is 300 cm³/mol. The molecule has 0 aliphatic rings. The monoisotopic (exact) mass is 1070 g/mol. The number of carboxylic acid groups (broad SMARTS) is 1. The molecule has 0 saturated carbocycles. The number of carbonyl (C=O) groups excluding carboxylic acids is 3. The van der Waals surface area contributed by atoms with E-state index < -0.39 is 36.1 Å². The molecule has 0 bridgehead atoms. The number of amides is 3. The van der Waals surface area contributed by atoms with Crippen molar-refractivity contribution in [1.82, 2.24) is 45.3 Å². The first-order valence-electron chi connectivity index (χ1n) is 25.1. The van der Waals surface area contributed by atoms with Crippen molar-refractivity contribution in [2.24, 2.45) is 5.73 Å². The number of aromatic nitrogens is 8. The lowest BCUT2D eigenvalue weighted by Gasteiger charge is -2.17. The molecule has 22 heteroatoms. The molecular weight excluding hydrogens is 1020 g/mol. The minimum atomic E-state index is -1.05. The summed E-state index contributed by atoms with van der Waals surface area (Å²) in [6, 6.07) is 42.8. The van der Waals surface area contributed by atoms with Crippen LogP contribution >= 0.6 is 0 Å². The van der Waals surface area contributed by atoms with Crippen molar-refractivity contribution < 1.29 is 40.3 Å². The van der Waals surface area contributed by atoms with Crippen molar-refractivity contribution in [3.63, 3.8) is 0 Å².